The zero-order valence-corrected chi connectivity index (χ0v) is 24.0. The Morgan fingerprint density at radius 1 is 1.21 bits per heavy atom. The van der Waals surface area contributed by atoms with Gasteiger partial charge in [0.15, 0.2) is 0 Å². The number of aliphatic hydroxyl groups excluding tert-OH is 1. The average molecular weight is 542 g/mol. The molecule has 0 aromatic carbocycles. The molecule has 1 aromatic rings. The Hall–Kier alpha value is -2.69. The Kier molecular flexibility index (Phi) is 8.58. The summed E-state index contributed by atoms with van der Waals surface area (Å²) >= 11 is 0. The number of hydrogen-bond donors (Lipinski definition) is 1. The summed E-state index contributed by atoms with van der Waals surface area (Å²) in [6.07, 6.45) is 12.4. The molecule has 1 aliphatic carbocycles. The molecular formula is C32H42F3N3O. The van der Waals surface area contributed by atoms with Crippen LogP contribution in [0.5, 0.6) is 0 Å². The summed E-state index contributed by atoms with van der Waals surface area (Å²) in [6.45, 7) is 12.4. The fourth-order valence-corrected chi connectivity index (χ4v) is 6.40. The van der Waals surface area contributed by atoms with Crippen molar-refractivity contribution in [3.05, 3.63) is 77.4 Å². The summed E-state index contributed by atoms with van der Waals surface area (Å²) in [5, 5.41) is 11.3. The zero-order valence-electron chi connectivity index (χ0n) is 24.0. The van der Waals surface area contributed by atoms with E-state index in [2.05, 4.69) is 47.0 Å². The molecule has 2 aliphatic heterocycles. The van der Waals surface area contributed by atoms with E-state index < -0.39 is 23.9 Å². The van der Waals surface area contributed by atoms with Gasteiger partial charge in [-0.1, -0.05) is 58.1 Å². The lowest BCUT2D eigenvalue weighted by Gasteiger charge is -2.53. The van der Waals surface area contributed by atoms with Gasteiger partial charge in [-0.3, -0.25) is 9.47 Å². The van der Waals surface area contributed by atoms with Gasteiger partial charge >= 0.3 is 6.18 Å². The average Bonchev–Trinajstić information content (AvgIpc) is 3.41. The lowest BCUT2D eigenvalue weighted by Crippen LogP contribution is -2.56. The van der Waals surface area contributed by atoms with Crippen LogP contribution in [0.15, 0.2) is 59.5 Å². The second kappa shape index (κ2) is 11.4. The SMILES string of the molecule is CC=CN1C2=CC(C)CC=C2n2c#ccc2C12CCN(C(O)C(C)C=C(C(=CC)C(C)CC)C(F)(F)F)CC2. The number of hydrogen-bond acceptors (Lipinski definition) is 3. The first-order chi connectivity index (χ1) is 18.5. The smallest absolute Gasteiger partial charge is 0.378 e. The standard InChI is InChI=1S/C32H42F3N3O/c1-7-16-38-28-20-22(4)12-13-27(28)37-17-10-11-29(37)31(38)14-18-36(19-15-31)30(39)24(6)21-26(32(33,34)35)25(9-3)23(5)8-2/h7,9,11,13,16,20-24,30,39H,8,12,14-15,18-19H2,1-6H3. The minimum atomic E-state index is -4.48. The number of piperidine rings is 1. The van der Waals surface area contributed by atoms with E-state index in [0.717, 1.165) is 23.5 Å². The van der Waals surface area contributed by atoms with Crippen molar-refractivity contribution in [2.45, 2.75) is 85.2 Å². The molecule has 4 atom stereocenters. The Bertz CT molecular complexity index is 1180. The van der Waals surface area contributed by atoms with Gasteiger partial charge < -0.3 is 10.0 Å². The van der Waals surface area contributed by atoms with Crippen molar-refractivity contribution in [1.29, 1.82) is 0 Å². The van der Waals surface area contributed by atoms with Crippen LogP contribution in [0, 0.1) is 30.0 Å². The fraction of sp³-hybridized carbons (Fsp3) is 0.562. The van der Waals surface area contributed by atoms with Crippen molar-refractivity contribution in [1.82, 2.24) is 14.4 Å². The summed E-state index contributed by atoms with van der Waals surface area (Å²) < 4.78 is 44.5. The van der Waals surface area contributed by atoms with E-state index in [4.69, 9.17) is 0 Å². The number of aromatic nitrogens is 1. The largest absolute Gasteiger partial charge is 0.416 e. The molecule has 0 radical (unpaired) electrons. The normalized spacial score (nSPS) is 24.6. The maximum atomic E-state index is 14.1. The van der Waals surface area contributed by atoms with Crippen molar-refractivity contribution in [2.75, 3.05) is 13.1 Å². The van der Waals surface area contributed by atoms with Crippen molar-refractivity contribution >= 4 is 5.70 Å². The predicted octanol–water partition coefficient (Wildman–Crippen LogP) is 7.43. The number of alkyl halides is 3. The van der Waals surface area contributed by atoms with Crippen LogP contribution in [0.25, 0.3) is 5.70 Å². The first-order valence-electron chi connectivity index (χ1n) is 14.2. The van der Waals surface area contributed by atoms with Crippen LogP contribution < -0.4 is 0 Å². The number of rotatable bonds is 7. The topological polar surface area (TPSA) is 31.6 Å². The minimum absolute atomic E-state index is 0.216. The Morgan fingerprint density at radius 3 is 2.49 bits per heavy atom. The number of fused-ring (bicyclic) bond motifs is 4. The van der Waals surface area contributed by atoms with Gasteiger partial charge in [0, 0.05) is 37.5 Å². The second-order valence-corrected chi connectivity index (χ2v) is 11.3. The monoisotopic (exact) mass is 541 g/mol. The van der Waals surface area contributed by atoms with Gasteiger partial charge in [-0.15, -0.1) is 0 Å². The van der Waals surface area contributed by atoms with Gasteiger partial charge in [0.2, 0.25) is 0 Å². The summed E-state index contributed by atoms with van der Waals surface area (Å²) in [5.74, 6) is -0.481. The highest BCUT2D eigenvalue weighted by molar-refractivity contribution is 5.69. The summed E-state index contributed by atoms with van der Waals surface area (Å²) in [4.78, 5) is 4.29. The highest BCUT2D eigenvalue weighted by atomic mass is 19.4. The van der Waals surface area contributed by atoms with Crippen molar-refractivity contribution < 1.29 is 18.3 Å². The number of nitrogens with zero attached hydrogens (tertiary/aromatic N) is 3. The van der Waals surface area contributed by atoms with Gasteiger partial charge in [0.05, 0.1) is 28.2 Å². The van der Waals surface area contributed by atoms with E-state index in [1.54, 1.807) is 19.9 Å². The van der Waals surface area contributed by atoms with E-state index >= 15 is 0 Å². The van der Waals surface area contributed by atoms with E-state index in [0.29, 0.717) is 38.3 Å². The molecule has 4 nitrogen and oxygen atoms in total. The number of allylic oxidation sites excluding steroid dienone is 7. The lowest BCUT2D eigenvalue weighted by atomic mass is 9.78. The molecule has 0 amide bonds. The molecular weight excluding hydrogens is 499 g/mol. The fourth-order valence-electron chi connectivity index (χ4n) is 6.40. The summed E-state index contributed by atoms with van der Waals surface area (Å²) in [6, 6.07) is 5.18. The molecule has 1 saturated heterocycles. The van der Waals surface area contributed by atoms with Crippen molar-refractivity contribution in [3.63, 3.8) is 0 Å². The Labute approximate surface area is 231 Å². The Morgan fingerprint density at radius 2 is 1.90 bits per heavy atom. The molecule has 1 fully saturated rings. The third-order valence-electron chi connectivity index (χ3n) is 8.72. The van der Waals surface area contributed by atoms with Crippen molar-refractivity contribution in [2.24, 2.45) is 17.8 Å². The lowest BCUT2D eigenvalue weighted by molar-refractivity contribution is -0.0922. The molecule has 1 aromatic heterocycles. The molecule has 4 unspecified atom stereocenters. The highest BCUT2D eigenvalue weighted by Crippen LogP contribution is 2.49. The minimum Gasteiger partial charge on any atom is -0.378 e. The number of aliphatic hydroxyl groups is 1. The predicted molar refractivity (Wildman–Crippen MR) is 150 cm³/mol. The molecule has 4 rings (SSSR count). The van der Waals surface area contributed by atoms with Gasteiger partial charge in [0.1, 0.15) is 6.23 Å². The molecule has 0 saturated carbocycles. The van der Waals surface area contributed by atoms with Crippen LogP contribution in [-0.2, 0) is 5.54 Å². The van der Waals surface area contributed by atoms with Crippen LogP contribution in [0.1, 0.15) is 72.9 Å². The Balaban J connectivity index is 1.61. The van der Waals surface area contributed by atoms with Gasteiger partial charge in [-0.2, -0.15) is 13.2 Å². The molecule has 0 bridgehead atoms. The first-order valence-corrected chi connectivity index (χ1v) is 14.2. The van der Waals surface area contributed by atoms with Crippen LogP contribution >= 0.6 is 0 Å². The van der Waals surface area contributed by atoms with E-state index in [1.807, 2.05) is 37.8 Å². The summed E-state index contributed by atoms with van der Waals surface area (Å²) in [5.41, 5.74) is 2.71. The molecule has 212 valence electrons. The van der Waals surface area contributed by atoms with Gasteiger partial charge in [0.25, 0.3) is 0 Å². The van der Waals surface area contributed by atoms with E-state index in [9.17, 15) is 18.3 Å². The third-order valence-corrected chi connectivity index (χ3v) is 8.72. The zero-order chi connectivity index (χ0) is 28.5. The van der Waals surface area contributed by atoms with E-state index in [-0.39, 0.29) is 17.0 Å². The maximum Gasteiger partial charge on any atom is 0.416 e. The van der Waals surface area contributed by atoms with Crippen molar-refractivity contribution in [3.8, 4) is 0 Å². The first kappa shape index (κ1) is 29.3. The van der Waals surface area contributed by atoms with E-state index in [1.165, 1.54) is 6.08 Å². The molecule has 7 heteroatoms. The maximum absolute atomic E-state index is 14.1. The third kappa shape index (κ3) is 5.38. The molecule has 1 N–H and O–H groups in total. The quantitative estimate of drug-likeness (QED) is 0.364. The highest BCUT2D eigenvalue weighted by Gasteiger charge is 2.49. The molecule has 1 spiro atoms. The van der Waals surface area contributed by atoms with Crippen LogP contribution in [0.2, 0.25) is 0 Å². The second-order valence-electron chi connectivity index (χ2n) is 11.3. The number of likely N-dealkylation sites (tertiary alicyclic amines) is 1. The number of halogens is 3. The van der Waals surface area contributed by atoms with Gasteiger partial charge in [-0.25, -0.2) is 0 Å². The van der Waals surface area contributed by atoms with Crippen LogP contribution in [-0.4, -0.2) is 45.0 Å². The van der Waals surface area contributed by atoms with Gasteiger partial charge in [-0.05, 0) is 63.0 Å². The molecule has 3 aliphatic rings. The molecule has 3 heterocycles. The summed E-state index contributed by atoms with van der Waals surface area (Å²) in [7, 11) is 0. The van der Waals surface area contributed by atoms with Crippen LogP contribution in [0.3, 0.4) is 0 Å². The van der Waals surface area contributed by atoms with Crippen LogP contribution in [0.4, 0.5) is 13.2 Å². The molecule has 39 heavy (non-hydrogen) atoms.